The Bertz CT molecular complexity index is 373. The molecule has 0 saturated carbocycles. The van der Waals surface area contributed by atoms with Gasteiger partial charge >= 0.3 is 0 Å². The first-order chi connectivity index (χ1) is 8.54. The number of hydrogen-bond donors (Lipinski definition) is 1. The van der Waals surface area contributed by atoms with Crippen LogP contribution in [0.5, 0.6) is 0 Å². The lowest BCUT2D eigenvalue weighted by molar-refractivity contribution is 0.0953. The Hall–Kier alpha value is -0.830. The van der Waals surface area contributed by atoms with Gasteiger partial charge in [0.1, 0.15) is 0 Å². The number of benzene rings is 1. The van der Waals surface area contributed by atoms with E-state index < -0.39 is 0 Å². The van der Waals surface area contributed by atoms with E-state index in [0.29, 0.717) is 17.3 Å². The van der Waals surface area contributed by atoms with E-state index in [2.05, 4.69) is 42.0 Å². The average Bonchev–Trinajstić information content (AvgIpc) is 2.36. The summed E-state index contributed by atoms with van der Waals surface area (Å²) in [5, 5.41) is 2.95. The minimum absolute atomic E-state index is 0.00543. The Morgan fingerprint density at radius 2 is 1.89 bits per heavy atom. The largest absolute Gasteiger partial charge is 0.351 e. The second-order valence-electron chi connectivity index (χ2n) is 4.87. The summed E-state index contributed by atoms with van der Waals surface area (Å²) < 4.78 is 0. The van der Waals surface area contributed by atoms with Crippen molar-refractivity contribution in [2.45, 2.75) is 44.4 Å². The van der Waals surface area contributed by atoms with Gasteiger partial charge in [0.2, 0.25) is 0 Å². The molecule has 1 unspecified atom stereocenters. The van der Waals surface area contributed by atoms with Gasteiger partial charge in [-0.2, -0.15) is 0 Å². The van der Waals surface area contributed by atoms with Crippen LogP contribution in [0.2, 0.25) is 0 Å². The molecule has 0 heterocycles. The maximum atomic E-state index is 11.9. The number of amides is 1. The van der Waals surface area contributed by atoms with Crippen molar-refractivity contribution < 1.29 is 4.79 Å². The van der Waals surface area contributed by atoms with Crippen LogP contribution in [0.4, 0.5) is 0 Å². The number of carbonyl (C=O) groups is 1. The topological polar surface area (TPSA) is 29.1 Å². The van der Waals surface area contributed by atoms with Crippen LogP contribution in [0.15, 0.2) is 24.3 Å². The predicted molar refractivity (Wildman–Crippen MR) is 80.5 cm³/mol. The van der Waals surface area contributed by atoms with Gasteiger partial charge in [0.15, 0.2) is 0 Å². The van der Waals surface area contributed by atoms with Crippen molar-refractivity contribution in [3.63, 3.8) is 0 Å². The molecule has 0 aliphatic heterocycles. The second kappa shape index (κ2) is 7.57. The molecule has 0 fully saturated rings. The number of carbonyl (C=O) groups excluding carboxylic acids is 1. The molecule has 1 N–H and O–H groups in total. The highest BCUT2D eigenvalue weighted by atomic mass is 79.9. The number of nitrogens with one attached hydrogen (secondary N) is 1. The number of alkyl halides is 1. The lowest BCUT2D eigenvalue weighted by atomic mass is 10.0. The van der Waals surface area contributed by atoms with Crippen LogP contribution in [0.3, 0.4) is 0 Å². The highest BCUT2D eigenvalue weighted by molar-refractivity contribution is 9.09. The maximum absolute atomic E-state index is 11.9. The first-order valence-electron chi connectivity index (χ1n) is 6.56. The van der Waals surface area contributed by atoms with Gasteiger partial charge in [0, 0.05) is 16.9 Å². The molecular weight excluding hydrogens is 290 g/mol. The fraction of sp³-hybridized carbons (Fsp3) is 0.533. The van der Waals surface area contributed by atoms with Gasteiger partial charge in [-0.25, -0.2) is 0 Å². The zero-order valence-corrected chi connectivity index (χ0v) is 13.0. The Morgan fingerprint density at radius 1 is 1.28 bits per heavy atom. The lowest BCUT2D eigenvalue weighted by Gasteiger charge is -2.11. The van der Waals surface area contributed by atoms with Crippen LogP contribution in [0.25, 0.3) is 0 Å². The Morgan fingerprint density at radius 3 is 2.39 bits per heavy atom. The Kier molecular flexibility index (Phi) is 6.41. The average molecular weight is 312 g/mol. The van der Waals surface area contributed by atoms with Gasteiger partial charge in [0.05, 0.1) is 0 Å². The van der Waals surface area contributed by atoms with Crippen molar-refractivity contribution in [1.82, 2.24) is 5.32 Å². The first kappa shape index (κ1) is 15.2. The number of hydrogen-bond acceptors (Lipinski definition) is 1. The minimum Gasteiger partial charge on any atom is -0.351 e. The molecular formula is C15H22BrNO. The molecule has 0 spiro atoms. The summed E-state index contributed by atoms with van der Waals surface area (Å²) in [5.74, 6) is 0.504. The van der Waals surface area contributed by atoms with Gasteiger partial charge in [-0.3, -0.25) is 4.79 Å². The predicted octanol–water partition coefficient (Wildman–Crippen LogP) is 4.10. The minimum atomic E-state index is 0.00543. The fourth-order valence-corrected chi connectivity index (χ4v) is 2.36. The third-order valence-corrected chi connectivity index (χ3v) is 3.71. The number of rotatable bonds is 6. The zero-order chi connectivity index (χ0) is 13.5. The van der Waals surface area contributed by atoms with E-state index in [-0.39, 0.29) is 5.91 Å². The van der Waals surface area contributed by atoms with E-state index in [4.69, 9.17) is 0 Å². The van der Waals surface area contributed by atoms with Gasteiger partial charge in [0.25, 0.3) is 5.91 Å². The van der Waals surface area contributed by atoms with Crippen molar-refractivity contribution in [2.75, 3.05) is 6.54 Å². The molecule has 1 rings (SSSR count). The van der Waals surface area contributed by atoms with Gasteiger partial charge in [-0.05, 0) is 30.0 Å². The smallest absolute Gasteiger partial charge is 0.251 e. The van der Waals surface area contributed by atoms with E-state index in [1.807, 2.05) is 24.3 Å². The standard InChI is InChI=1S/C15H22BrNO/c1-4-5-14(16)10-17-15(18)13-8-6-12(7-9-13)11(2)3/h6-9,11,14H,4-5,10H2,1-3H3,(H,17,18). The van der Waals surface area contributed by atoms with Crippen LogP contribution >= 0.6 is 15.9 Å². The molecule has 1 aromatic carbocycles. The fourth-order valence-electron chi connectivity index (χ4n) is 1.74. The summed E-state index contributed by atoms with van der Waals surface area (Å²) in [7, 11) is 0. The summed E-state index contributed by atoms with van der Waals surface area (Å²) in [6.07, 6.45) is 2.20. The molecule has 1 amide bonds. The molecule has 0 aliphatic carbocycles. The van der Waals surface area contributed by atoms with Crippen LogP contribution in [-0.4, -0.2) is 17.3 Å². The zero-order valence-electron chi connectivity index (χ0n) is 11.4. The molecule has 2 nitrogen and oxygen atoms in total. The lowest BCUT2D eigenvalue weighted by Crippen LogP contribution is -2.29. The molecule has 18 heavy (non-hydrogen) atoms. The quantitative estimate of drug-likeness (QED) is 0.787. The molecule has 0 radical (unpaired) electrons. The van der Waals surface area contributed by atoms with Crippen LogP contribution in [0.1, 0.15) is 55.5 Å². The summed E-state index contributed by atoms with van der Waals surface area (Å²) >= 11 is 3.56. The van der Waals surface area contributed by atoms with Gasteiger partial charge in [-0.1, -0.05) is 55.3 Å². The highest BCUT2D eigenvalue weighted by Gasteiger charge is 2.08. The second-order valence-corrected chi connectivity index (χ2v) is 6.17. The Labute approximate surface area is 118 Å². The van der Waals surface area contributed by atoms with Gasteiger partial charge in [-0.15, -0.1) is 0 Å². The van der Waals surface area contributed by atoms with Crippen molar-refractivity contribution >= 4 is 21.8 Å². The third-order valence-electron chi connectivity index (χ3n) is 2.93. The normalized spacial score (nSPS) is 12.5. The van der Waals surface area contributed by atoms with Crippen LogP contribution in [0, 0.1) is 0 Å². The first-order valence-corrected chi connectivity index (χ1v) is 7.48. The van der Waals surface area contributed by atoms with E-state index >= 15 is 0 Å². The van der Waals surface area contributed by atoms with E-state index in [1.54, 1.807) is 0 Å². The SMILES string of the molecule is CCCC(Br)CNC(=O)c1ccc(C(C)C)cc1. The van der Waals surface area contributed by atoms with Crippen molar-refractivity contribution in [3.8, 4) is 0 Å². The molecule has 0 bridgehead atoms. The highest BCUT2D eigenvalue weighted by Crippen LogP contribution is 2.14. The van der Waals surface area contributed by atoms with E-state index in [9.17, 15) is 4.79 Å². The molecule has 1 atom stereocenters. The van der Waals surface area contributed by atoms with Crippen molar-refractivity contribution in [3.05, 3.63) is 35.4 Å². The summed E-state index contributed by atoms with van der Waals surface area (Å²) in [6.45, 7) is 7.11. The molecule has 0 aliphatic rings. The summed E-state index contributed by atoms with van der Waals surface area (Å²) in [5.41, 5.74) is 1.99. The monoisotopic (exact) mass is 311 g/mol. The maximum Gasteiger partial charge on any atom is 0.251 e. The molecule has 100 valence electrons. The summed E-state index contributed by atoms with van der Waals surface area (Å²) in [4.78, 5) is 12.3. The number of halogens is 1. The molecule has 0 aromatic heterocycles. The molecule has 1 aromatic rings. The van der Waals surface area contributed by atoms with Gasteiger partial charge < -0.3 is 5.32 Å². The summed E-state index contributed by atoms with van der Waals surface area (Å²) in [6, 6.07) is 7.84. The van der Waals surface area contributed by atoms with E-state index in [1.165, 1.54) is 5.56 Å². The van der Waals surface area contributed by atoms with Crippen molar-refractivity contribution in [2.24, 2.45) is 0 Å². The van der Waals surface area contributed by atoms with E-state index in [0.717, 1.165) is 18.4 Å². The molecule has 0 saturated heterocycles. The molecule has 3 heteroatoms. The third kappa shape index (κ3) is 4.81. The van der Waals surface area contributed by atoms with Crippen LogP contribution in [-0.2, 0) is 0 Å². The van der Waals surface area contributed by atoms with Crippen LogP contribution < -0.4 is 5.32 Å². The van der Waals surface area contributed by atoms with Crippen molar-refractivity contribution in [1.29, 1.82) is 0 Å². The Balaban J connectivity index is 2.51.